The fraction of sp³-hybridized carbons (Fsp3) is 0.263. The molecule has 0 heterocycles. The van der Waals surface area contributed by atoms with Crippen molar-refractivity contribution in [3.8, 4) is 28.0 Å². The second kappa shape index (κ2) is 27.7. The molecule has 71 heavy (non-hydrogen) atoms. The first-order valence-corrected chi connectivity index (χ1v) is 24.1. The summed E-state index contributed by atoms with van der Waals surface area (Å²) in [7, 11) is 0. The fourth-order valence-electron chi connectivity index (χ4n) is 8.03. The van der Waals surface area contributed by atoms with E-state index < -0.39 is 35.8 Å². The summed E-state index contributed by atoms with van der Waals surface area (Å²) in [6.07, 6.45) is 2.45. The van der Waals surface area contributed by atoms with E-state index in [1.807, 2.05) is 140 Å². The van der Waals surface area contributed by atoms with Gasteiger partial charge in [-0.15, -0.1) is 0 Å². The van der Waals surface area contributed by atoms with Crippen molar-refractivity contribution in [1.82, 2.24) is 26.6 Å². The predicted molar refractivity (Wildman–Crippen MR) is 279 cm³/mol. The lowest BCUT2D eigenvalue weighted by Crippen LogP contribution is -2.57. The van der Waals surface area contributed by atoms with Gasteiger partial charge in [-0.2, -0.15) is 0 Å². The molecule has 6 aromatic carbocycles. The number of hydrogen-bond acceptors (Lipinski definition) is 7. The summed E-state index contributed by atoms with van der Waals surface area (Å²) in [6, 6.07) is 48.2. The van der Waals surface area contributed by atoms with Gasteiger partial charge < -0.3 is 43.2 Å². The fourth-order valence-corrected chi connectivity index (χ4v) is 8.03. The summed E-state index contributed by atoms with van der Waals surface area (Å²) < 4.78 is 0. The SMILES string of the molecule is NC(N)=NCCC[C@@H](NC(=O)[C@H](CCCCNC(=O)Cc1ccc(-c2ccccc2)cc1)NC(=O)Cc1ccc(-c2ccccc2)cc1)C(=O)N[C@@H](Cc1ccc(O)cc1)C(=O)NCCc1ccccc1. The van der Waals surface area contributed by atoms with E-state index in [2.05, 4.69) is 31.6 Å². The van der Waals surface area contributed by atoms with Crippen LogP contribution in [0.3, 0.4) is 0 Å². The largest absolute Gasteiger partial charge is 0.508 e. The van der Waals surface area contributed by atoms with Gasteiger partial charge in [-0.25, -0.2) is 0 Å². The zero-order chi connectivity index (χ0) is 50.2. The van der Waals surface area contributed by atoms with Crippen molar-refractivity contribution in [2.24, 2.45) is 16.5 Å². The number of aromatic hydroxyl groups is 1. The van der Waals surface area contributed by atoms with Crippen molar-refractivity contribution < 1.29 is 29.1 Å². The summed E-state index contributed by atoms with van der Waals surface area (Å²) in [5.74, 6) is -2.24. The van der Waals surface area contributed by atoms with Gasteiger partial charge in [0.2, 0.25) is 29.5 Å². The normalized spacial score (nSPS) is 12.1. The maximum atomic E-state index is 14.4. The number of guanidine groups is 1. The number of unbranched alkanes of at least 4 members (excludes halogenated alkanes) is 1. The monoisotopic (exact) mass is 956 g/mol. The van der Waals surface area contributed by atoms with Gasteiger partial charge in [0.1, 0.15) is 23.9 Å². The molecule has 14 nitrogen and oxygen atoms in total. The van der Waals surface area contributed by atoms with Crippen molar-refractivity contribution in [3.63, 3.8) is 0 Å². The van der Waals surface area contributed by atoms with Gasteiger partial charge in [0.05, 0.1) is 12.8 Å². The molecule has 0 fully saturated rings. The van der Waals surface area contributed by atoms with Crippen LogP contribution in [0, 0.1) is 0 Å². The van der Waals surface area contributed by atoms with Crippen LogP contribution in [0.1, 0.15) is 54.4 Å². The molecule has 6 rings (SSSR count). The van der Waals surface area contributed by atoms with Crippen LogP contribution in [0.25, 0.3) is 22.3 Å². The number of aliphatic imine (C=N–C) groups is 1. The molecule has 0 saturated heterocycles. The maximum Gasteiger partial charge on any atom is 0.243 e. The van der Waals surface area contributed by atoms with Gasteiger partial charge in [-0.1, -0.05) is 152 Å². The molecule has 5 amide bonds. The molecule has 0 unspecified atom stereocenters. The molecule has 3 atom stereocenters. The minimum Gasteiger partial charge on any atom is -0.508 e. The third-order valence-electron chi connectivity index (χ3n) is 11.9. The smallest absolute Gasteiger partial charge is 0.243 e. The molecule has 0 aliphatic carbocycles. The van der Waals surface area contributed by atoms with Crippen LogP contribution in [0.15, 0.2) is 169 Å². The quantitative estimate of drug-likeness (QED) is 0.0185. The molecule has 6 aromatic rings. The molecule has 0 aromatic heterocycles. The lowest BCUT2D eigenvalue weighted by atomic mass is 10.0. The Balaban J connectivity index is 1.12. The Labute approximate surface area is 415 Å². The molecular formula is C57H64N8O6. The number of nitrogens with zero attached hydrogens (tertiary/aromatic N) is 1. The van der Waals surface area contributed by atoms with E-state index in [1.165, 1.54) is 12.1 Å². The van der Waals surface area contributed by atoms with Gasteiger partial charge in [0.15, 0.2) is 5.96 Å². The molecule has 0 bridgehead atoms. The molecule has 0 saturated carbocycles. The van der Waals surface area contributed by atoms with Crippen LogP contribution < -0.4 is 38.1 Å². The number of nitrogens with two attached hydrogens (primary N) is 2. The molecule has 0 spiro atoms. The second-order valence-corrected chi connectivity index (χ2v) is 17.4. The van der Waals surface area contributed by atoms with Crippen molar-refractivity contribution in [3.05, 3.63) is 186 Å². The topological polar surface area (TPSA) is 230 Å². The van der Waals surface area contributed by atoms with Gasteiger partial charge >= 0.3 is 0 Å². The number of phenolic OH excluding ortho intramolecular Hbond substituents is 1. The second-order valence-electron chi connectivity index (χ2n) is 17.4. The van der Waals surface area contributed by atoms with Crippen LogP contribution in [0.4, 0.5) is 0 Å². The summed E-state index contributed by atoms with van der Waals surface area (Å²) >= 11 is 0. The van der Waals surface area contributed by atoms with Gasteiger partial charge in [-0.3, -0.25) is 29.0 Å². The van der Waals surface area contributed by atoms with Crippen molar-refractivity contribution in [2.45, 2.75) is 75.9 Å². The Morgan fingerprint density at radius 3 is 1.49 bits per heavy atom. The van der Waals surface area contributed by atoms with E-state index in [0.29, 0.717) is 44.3 Å². The maximum absolute atomic E-state index is 14.4. The summed E-state index contributed by atoms with van der Waals surface area (Å²) in [5.41, 5.74) is 18.7. The third-order valence-corrected chi connectivity index (χ3v) is 11.9. The Hall–Kier alpha value is -8.26. The van der Waals surface area contributed by atoms with E-state index in [-0.39, 0.29) is 62.2 Å². The number of phenols is 1. The Kier molecular flexibility index (Phi) is 20.3. The lowest BCUT2D eigenvalue weighted by molar-refractivity contribution is -0.133. The van der Waals surface area contributed by atoms with Crippen molar-refractivity contribution in [2.75, 3.05) is 19.6 Å². The summed E-state index contributed by atoms with van der Waals surface area (Å²) in [5, 5.41) is 24.5. The van der Waals surface area contributed by atoms with E-state index in [4.69, 9.17) is 11.5 Å². The van der Waals surface area contributed by atoms with Crippen molar-refractivity contribution >= 4 is 35.5 Å². The number of carbonyl (C=O) groups is 5. The Morgan fingerprint density at radius 1 is 0.451 bits per heavy atom. The predicted octanol–water partition coefficient (Wildman–Crippen LogP) is 5.91. The molecule has 10 N–H and O–H groups in total. The number of carbonyl (C=O) groups excluding carboxylic acids is 5. The first-order valence-electron chi connectivity index (χ1n) is 24.1. The zero-order valence-corrected chi connectivity index (χ0v) is 39.9. The summed E-state index contributed by atoms with van der Waals surface area (Å²) in [4.78, 5) is 73.1. The molecule has 0 radical (unpaired) electrons. The number of hydrogen-bond donors (Lipinski definition) is 8. The number of benzene rings is 6. The first kappa shape index (κ1) is 52.1. The number of nitrogens with one attached hydrogen (secondary N) is 5. The Morgan fingerprint density at radius 2 is 0.930 bits per heavy atom. The van der Waals surface area contributed by atoms with Crippen LogP contribution in [0.5, 0.6) is 5.75 Å². The van der Waals surface area contributed by atoms with Gasteiger partial charge in [0, 0.05) is 26.1 Å². The molecule has 368 valence electrons. The average molecular weight is 957 g/mol. The first-order chi connectivity index (χ1) is 34.5. The highest BCUT2D eigenvalue weighted by atomic mass is 16.3. The summed E-state index contributed by atoms with van der Waals surface area (Å²) in [6.45, 7) is 0.837. The Bertz CT molecular complexity index is 2640. The van der Waals surface area contributed by atoms with E-state index in [9.17, 15) is 29.1 Å². The molecule has 14 heteroatoms. The third kappa shape index (κ3) is 18.0. The van der Waals surface area contributed by atoms with Crippen molar-refractivity contribution in [1.29, 1.82) is 0 Å². The average Bonchev–Trinajstić information content (AvgIpc) is 3.38. The van der Waals surface area contributed by atoms with Crippen LogP contribution in [0.2, 0.25) is 0 Å². The van der Waals surface area contributed by atoms with Gasteiger partial charge in [-0.05, 0) is 95.2 Å². The highest BCUT2D eigenvalue weighted by Gasteiger charge is 2.30. The van der Waals surface area contributed by atoms with Crippen LogP contribution in [-0.4, -0.2) is 78.4 Å². The minimum atomic E-state index is -1.15. The molecular weight excluding hydrogens is 893 g/mol. The zero-order valence-electron chi connectivity index (χ0n) is 39.9. The number of rotatable bonds is 26. The lowest BCUT2D eigenvalue weighted by Gasteiger charge is -2.26. The van der Waals surface area contributed by atoms with E-state index >= 15 is 0 Å². The van der Waals surface area contributed by atoms with Crippen LogP contribution in [-0.2, 0) is 49.7 Å². The van der Waals surface area contributed by atoms with E-state index in [0.717, 1.165) is 38.9 Å². The highest BCUT2D eigenvalue weighted by Crippen LogP contribution is 2.21. The van der Waals surface area contributed by atoms with Gasteiger partial charge in [0.25, 0.3) is 0 Å². The van der Waals surface area contributed by atoms with Crippen LogP contribution >= 0.6 is 0 Å². The molecule has 0 aliphatic heterocycles. The molecule has 0 aliphatic rings. The number of amides is 5. The highest BCUT2D eigenvalue weighted by molar-refractivity contribution is 5.94. The minimum absolute atomic E-state index is 0.00197. The van der Waals surface area contributed by atoms with E-state index in [1.54, 1.807) is 12.1 Å². The standard InChI is InChI=1S/C57H64N8O6/c58-57(59)62-35-12-20-50(56(71)65-51(37-41-25-31-48(66)32-26-41)54(69)61-36-33-40-13-4-1-5-14-40)64-55(70)49(63-53(68)39-43-23-29-47(30-24-43)45-17-8-3-9-18-45)19-10-11-34-60-52(67)38-42-21-27-46(28-22-42)44-15-6-2-7-16-44/h1-9,13-18,21-32,49-51,66H,10-12,19-20,33-39H2,(H,60,67)(H,61,69)(H,63,68)(H,64,70)(H,65,71)(H4,58,59,62)/t49-,50+,51-/m0/s1.